The van der Waals surface area contributed by atoms with Crippen molar-refractivity contribution in [3.8, 4) is 5.75 Å². The van der Waals surface area contributed by atoms with Crippen molar-refractivity contribution in [2.45, 2.75) is 24.8 Å². The van der Waals surface area contributed by atoms with Crippen LogP contribution in [-0.2, 0) is 16.8 Å². The lowest BCUT2D eigenvalue weighted by molar-refractivity contribution is -0.127. The summed E-state index contributed by atoms with van der Waals surface area (Å²) in [6.07, 6.45) is 1.59. The molecule has 1 saturated carbocycles. The summed E-state index contributed by atoms with van der Waals surface area (Å²) in [6, 6.07) is 11.3. The summed E-state index contributed by atoms with van der Waals surface area (Å²) in [4.78, 5) is 18.0. The third kappa shape index (κ3) is 6.78. The molecule has 2 aromatic carbocycles. The first-order valence-electron chi connectivity index (χ1n) is 10.1. The van der Waals surface area contributed by atoms with E-state index in [2.05, 4.69) is 15.6 Å². The maximum Gasteiger partial charge on any atom is 0.241 e. The number of carbonyl (C=O) groups is 1. The Hall–Kier alpha value is -2.43. The third-order valence-corrected chi connectivity index (χ3v) is 5.43. The summed E-state index contributed by atoms with van der Waals surface area (Å²) in [5.74, 6) is 0.00430. The Morgan fingerprint density at radius 1 is 1.12 bits per heavy atom. The van der Waals surface area contributed by atoms with E-state index in [1.54, 1.807) is 21.2 Å². The zero-order chi connectivity index (χ0) is 22.4. The molecular weight excluding hydrogens is 529 g/mol. The lowest BCUT2D eigenvalue weighted by Gasteiger charge is -2.20. The summed E-state index contributed by atoms with van der Waals surface area (Å²) in [7, 11) is 4.97. The Bertz CT molecular complexity index is 948. The number of nitrogens with zero attached hydrogens (tertiary/aromatic N) is 2. The Morgan fingerprint density at radius 2 is 1.81 bits per heavy atom. The van der Waals surface area contributed by atoms with E-state index in [9.17, 15) is 13.6 Å². The van der Waals surface area contributed by atoms with Crippen molar-refractivity contribution in [3.63, 3.8) is 0 Å². The molecule has 32 heavy (non-hydrogen) atoms. The van der Waals surface area contributed by atoms with Gasteiger partial charge in [-0.05, 0) is 42.2 Å². The first-order valence-corrected chi connectivity index (χ1v) is 10.1. The van der Waals surface area contributed by atoms with Gasteiger partial charge in [0.05, 0.1) is 20.2 Å². The molecule has 0 bridgehead atoms. The minimum atomic E-state index is -0.587. The molecular formula is C23H29F2IN4O2. The van der Waals surface area contributed by atoms with Crippen molar-refractivity contribution in [2.75, 3.05) is 34.3 Å². The van der Waals surface area contributed by atoms with Gasteiger partial charge in [-0.25, -0.2) is 13.8 Å². The number of rotatable bonds is 8. The maximum atomic E-state index is 14.3. The van der Waals surface area contributed by atoms with Gasteiger partial charge in [0.2, 0.25) is 5.91 Å². The molecule has 0 aliphatic heterocycles. The largest absolute Gasteiger partial charge is 0.497 e. The molecule has 0 unspecified atom stereocenters. The van der Waals surface area contributed by atoms with Crippen LogP contribution in [0.15, 0.2) is 47.5 Å². The molecule has 0 atom stereocenters. The van der Waals surface area contributed by atoms with Crippen LogP contribution in [0.1, 0.15) is 24.0 Å². The predicted octanol–water partition coefficient (Wildman–Crippen LogP) is 3.45. The van der Waals surface area contributed by atoms with Crippen molar-refractivity contribution >= 4 is 35.8 Å². The standard InChI is InChI=1S/C23H28F2N4O2.HI/c1-29(2)21(30)14-27-22(26-13-16-4-7-18(31-3)8-5-16)28-15-23(10-11-23)19-9-6-17(24)12-20(19)25;/h4-9,12H,10-11,13-15H2,1-3H3,(H2,26,27,28);1H. The molecule has 3 rings (SSSR count). The van der Waals surface area contributed by atoms with Crippen LogP contribution in [0.2, 0.25) is 0 Å². The average molecular weight is 558 g/mol. The van der Waals surface area contributed by atoms with Crippen molar-refractivity contribution in [2.24, 2.45) is 4.99 Å². The van der Waals surface area contributed by atoms with Crippen LogP contribution in [0.25, 0.3) is 0 Å². The van der Waals surface area contributed by atoms with E-state index in [0.717, 1.165) is 30.2 Å². The number of methoxy groups -OCH3 is 1. The molecule has 9 heteroatoms. The molecule has 2 aromatic rings. The monoisotopic (exact) mass is 558 g/mol. The normalized spacial score (nSPS) is 14.2. The highest BCUT2D eigenvalue weighted by atomic mass is 127. The van der Waals surface area contributed by atoms with Gasteiger partial charge < -0.3 is 20.3 Å². The molecule has 1 fully saturated rings. The van der Waals surface area contributed by atoms with Crippen molar-refractivity contribution in [1.82, 2.24) is 15.5 Å². The Balaban J connectivity index is 0.00000363. The van der Waals surface area contributed by atoms with E-state index in [1.165, 1.54) is 17.0 Å². The fourth-order valence-corrected chi connectivity index (χ4v) is 3.26. The van der Waals surface area contributed by atoms with Crippen LogP contribution >= 0.6 is 24.0 Å². The molecule has 174 valence electrons. The molecule has 0 saturated heterocycles. The van der Waals surface area contributed by atoms with E-state index in [4.69, 9.17) is 4.74 Å². The van der Waals surface area contributed by atoms with Gasteiger partial charge in [0.15, 0.2) is 5.96 Å². The van der Waals surface area contributed by atoms with E-state index in [1.807, 2.05) is 24.3 Å². The zero-order valence-corrected chi connectivity index (χ0v) is 20.8. The second kappa shape index (κ2) is 11.4. The van der Waals surface area contributed by atoms with Crippen molar-refractivity contribution in [1.29, 1.82) is 0 Å². The highest BCUT2D eigenvalue weighted by Gasteiger charge is 2.46. The van der Waals surface area contributed by atoms with Crippen LogP contribution in [0.5, 0.6) is 5.75 Å². The minimum absolute atomic E-state index is 0. The first-order chi connectivity index (χ1) is 14.8. The molecule has 0 heterocycles. The Kier molecular flexibility index (Phi) is 9.23. The zero-order valence-electron chi connectivity index (χ0n) is 18.5. The number of amides is 1. The lowest BCUT2D eigenvalue weighted by atomic mass is 9.95. The van der Waals surface area contributed by atoms with Gasteiger partial charge in [-0.15, -0.1) is 24.0 Å². The molecule has 2 N–H and O–H groups in total. The molecule has 1 aliphatic carbocycles. The second-order valence-electron chi connectivity index (χ2n) is 7.91. The van der Waals surface area contributed by atoms with E-state index < -0.39 is 17.0 Å². The van der Waals surface area contributed by atoms with Gasteiger partial charge in [-0.3, -0.25) is 4.79 Å². The number of hydrogen-bond acceptors (Lipinski definition) is 3. The van der Waals surface area contributed by atoms with E-state index in [-0.39, 0.29) is 36.4 Å². The van der Waals surface area contributed by atoms with E-state index in [0.29, 0.717) is 24.6 Å². The summed E-state index contributed by atoms with van der Waals surface area (Å²) >= 11 is 0. The first kappa shape index (κ1) is 25.8. The summed E-state index contributed by atoms with van der Waals surface area (Å²) in [5, 5.41) is 6.27. The van der Waals surface area contributed by atoms with E-state index >= 15 is 0 Å². The molecule has 0 radical (unpaired) electrons. The quantitative estimate of drug-likeness (QED) is 0.296. The number of ether oxygens (including phenoxy) is 1. The number of likely N-dealkylation sites (N-methyl/N-ethyl adjacent to an activating group) is 1. The summed E-state index contributed by atoms with van der Waals surface area (Å²) in [6.45, 7) is 0.910. The Labute approximate surface area is 204 Å². The molecule has 0 aromatic heterocycles. The molecule has 6 nitrogen and oxygen atoms in total. The topological polar surface area (TPSA) is 66.0 Å². The average Bonchev–Trinajstić information content (AvgIpc) is 3.53. The molecule has 1 aliphatic rings. The summed E-state index contributed by atoms with van der Waals surface area (Å²) < 4.78 is 32.8. The fraction of sp³-hybridized carbons (Fsp3) is 0.391. The van der Waals surface area contributed by atoms with Crippen LogP contribution in [0, 0.1) is 11.6 Å². The number of carbonyl (C=O) groups excluding carboxylic acids is 1. The van der Waals surface area contributed by atoms with Crippen molar-refractivity contribution < 1.29 is 18.3 Å². The highest BCUT2D eigenvalue weighted by Crippen LogP contribution is 2.48. The number of hydrogen-bond donors (Lipinski definition) is 2. The van der Waals surface area contributed by atoms with Gasteiger partial charge in [0.25, 0.3) is 0 Å². The summed E-state index contributed by atoms with van der Waals surface area (Å²) in [5.41, 5.74) is 1.08. The number of benzene rings is 2. The fourth-order valence-electron chi connectivity index (χ4n) is 3.26. The molecule has 1 amide bonds. The van der Waals surface area contributed by atoms with Crippen molar-refractivity contribution in [3.05, 3.63) is 65.2 Å². The van der Waals surface area contributed by atoms with Crippen LogP contribution < -0.4 is 15.4 Å². The van der Waals surface area contributed by atoms with Gasteiger partial charge in [-0.1, -0.05) is 18.2 Å². The predicted molar refractivity (Wildman–Crippen MR) is 132 cm³/mol. The maximum absolute atomic E-state index is 14.3. The smallest absolute Gasteiger partial charge is 0.241 e. The van der Waals surface area contributed by atoms with Gasteiger partial charge in [-0.2, -0.15) is 0 Å². The van der Waals surface area contributed by atoms with Gasteiger partial charge >= 0.3 is 0 Å². The number of halogens is 3. The molecule has 0 spiro atoms. The van der Waals surface area contributed by atoms with Crippen LogP contribution in [0.4, 0.5) is 8.78 Å². The second-order valence-corrected chi connectivity index (χ2v) is 7.91. The Morgan fingerprint density at radius 3 is 2.38 bits per heavy atom. The van der Waals surface area contributed by atoms with Gasteiger partial charge in [0, 0.05) is 32.1 Å². The third-order valence-electron chi connectivity index (χ3n) is 5.43. The number of guanidine groups is 1. The van der Waals surface area contributed by atoms with Gasteiger partial charge in [0.1, 0.15) is 17.4 Å². The number of aliphatic imine (C=N–C) groups is 1. The lowest BCUT2D eigenvalue weighted by Crippen LogP contribution is -2.45. The minimum Gasteiger partial charge on any atom is -0.497 e. The van der Waals surface area contributed by atoms with Crippen LogP contribution in [0.3, 0.4) is 0 Å². The SMILES string of the molecule is COc1ccc(CN=C(NCC(=O)N(C)C)NCC2(c3ccc(F)cc3F)CC2)cc1.I. The van der Waals surface area contributed by atoms with Crippen LogP contribution in [-0.4, -0.2) is 51.1 Å². The highest BCUT2D eigenvalue weighted by molar-refractivity contribution is 14.0. The number of nitrogens with one attached hydrogen (secondary N) is 2.